The van der Waals surface area contributed by atoms with Gasteiger partial charge in [0.25, 0.3) is 0 Å². The van der Waals surface area contributed by atoms with Crippen molar-refractivity contribution < 1.29 is 18.0 Å². The molecule has 0 spiro atoms. The number of aliphatic imine (C=N–C) groups is 1. The molecule has 35 heavy (non-hydrogen) atoms. The standard InChI is InChI=1S/C25H22F3N5OS/c1-24(21-10-25(21,35-23(30)32-24)22(34)33-7-6-16(26)13-33)17-8-14(2-4-18(17)27)9-19(28)20-5-3-15(11-29)12-31-20/h2-5,8-9,12,16,21H,6-7,10,13H2,1H3,(H2,30,32)/t16-,21-,24+,25-/m0/s1. The first-order valence-corrected chi connectivity index (χ1v) is 12.0. The molecule has 2 aliphatic heterocycles. The van der Waals surface area contributed by atoms with Crippen LogP contribution in [0.2, 0.25) is 0 Å². The molecule has 2 fully saturated rings. The number of pyridine rings is 1. The highest BCUT2D eigenvalue weighted by Gasteiger charge is 2.71. The predicted octanol–water partition coefficient (Wildman–Crippen LogP) is 4.17. The number of halogens is 3. The van der Waals surface area contributed by atoms with Gasteiger partial charge in [-0.2, -0.15) is 5.26 Å². The van der Waals surface area contributed by atoms with Crippen molar-refractivity contribution in [2.45, 2.75) is 36.2 Å². The second-order valence-electron chi connectivity index (χ2n) is 9.26. The van der Waals surface area contributed by atoms with Gasteiger partial charge in [-0.1, -0.05) is 17.8 Å². The summed E-state index contributed by atoms with van der Waals surface area (Å²) >= 11 is 1.17. The van der Waals surface area contributed by atoms with Crippen molar-refractivity contribution in [1.82, 2.24) is 9.88 Å². The van der Waals surface area contributed by atoms with E-state index in [1.807, 2.05) is 6.07 Å². The second kappa shape index (κ2) is 8.41. The van der Waals surface area contributed by atoms with Gasteiger partial charge >= 0.3 is 0 Å². The van der Waals surface area contributed by atoms with Gasteiger partial charge in [-0.25, -0.2) is 13.2 Å². The number of hydrogen-bond acceptors (Lipinski definition) is 6. The zero-order chi connectivity index (χ0) is 25.0. The van der Waals surface area contributed by atoms with Crippen molar-refractivity contribution in [1.29, 1.82) is 5.26 Å². The highest BCUT2D eigenvalue weighted by Crippen LogP contribution is 2.66. The average molecular weight is 498 g/mol. The van der Waals surface area contributed by atoms with Gasteiger partial charge in [0.05, 0.1) is 23.3 Å². The number of rotatable bonds is 4. The molecule has 2 aromatic rings. The fourth-order valence-corrected chi connectivity index (χ4v) is 6.51. The van der Waals surface area contributed by atoms with E-state index < -0.39 is 28.1 Å². The van der Waals surface area contributed by atoms with E-state index in [9.17, 15) is 13.6 Å². The Kier molecular flexibility index (Phi) is 5.63. The molecular formula is C25H22F3N5OS. The van der Waals surface area contributed by atoms with E-state index in [-0.39, 0.29) is 34.8 Å². The van der Waals surface area contributed by atoms with Crippen molar-refractivity contribution in [3.63, 3.8) is 0 Å². The molecule has 1 amide bonds. The molecule has 2 N–H and O–H groups in total. The number of fused-ring (bicyclic) bond motifs is 1. The van der Waals surface area contributed by atoms with E-state index in [1.165, 1.54) is 59.3 Å². The Morgan fingerprint density at radius 2 is 2.17 bits per heavy atom. The minimum atomic E-state index is -1.14. The molecule has 1 aromatic heterocycles. The Labute approximate surface area is 204 Å². The van der Waals surface area contributed by atoms with Crippen LogP contribution in [0.15, 0.2) is 41.5 Å². The van der Waals surface area contributed by atoms with E-state index in [4.69, 9.17) is 11.0 Å². The number of nitriles is 1. The third kappa shape index (κ3) is 3.97. The summed E-state index contributed by atoms with van der Waals surface area (Å²) < 4.78 is 42.8. The van der Waals surface area contributed by atoms with Gasteiger partial charge in [0.1, 0.15) is 28.6 Å². The molecule has 1 aromatic carbocycles. The molecule has 180 valence electrons. The topological polar surface area (TPSA) is 95.4 Å². The van der Waals surface area contributed by atoms with Crippen molar-refractivity contribution in [3.05, 3.63) is 64.7 Å². The summed E-state index contributed by atoms with van der Waals surface area (Å²) in [4.78, 5) is 23.3. The summed E-state index contributed by atoms with van der Waals surface area (Å²) in [5.74, 6) is -1.71. The molecule has 6 nitrogen and oxygen atoms in total. The zero-order valence-electron chi connectivity index (χ0n) is 18.8. The number of aromatic nitrogens is 1. The first kappa shape index (κ1) is 23.4. The Hall–Kier alpha value is -3.32. The lowest BCUT2D eigenvalue weighted by Gasteiger charge is -2.35. The number of carbonyl (C=O) groups excluding carboxylic acids is 1. The van der Waals surface area contributed by atoms with E-state index in [1.54, 1.807) is 6.92 Å². The van der Waals surface area contributed by atoms with Gasteiger partial charge in [-0.05, 0) is 55.7 Å². The number of benzene rings is 1. The maximum atomic E-state index is 15.1. The molecule has 1 saturated heterocycles. The van der Waals surface area contributed by atoms with Crippen LogP contribution in [0.25, 0.3) is 11.9 Å². The molecule has 4 atom stereocenters. The summed E-state index contributed by atoms with van der Waals surface area (Å²) in [6, 6.07) is 8.95. The third-order valence-corrected chi connectivity index (χ3v) is 8.25. The minimum Gasteiger partial charge on any atom is -0.378 e. The smallest absolute Gasteiger partial charge is 0.239 e. The summed E-state index contributed by atoms with van der Waals surface area (Å²) in [5, 5.41) is 9.05. The molecule has 3 aliphatic rings. The van der Waals surface area contributed by atoms with E-state index >= 15 is 4.39 Å². The Bertz CT molecular complexity index is 1310. The van der Waals surface area contributed by atoms with Crippen LogP contribution in [0.3, 0.4) is 0 Å². The van der Waals surface area contributed by atoms with Gasteiger partial charge in [-0.15, -0.1) is 0 Å². The van der Waals surface area contributed by atoms with Gasteiger partial charge < -0.3 is 10.6 Å². The highest BCUT2D eigenvalue weighted by atomic mass is 32.2. The van der Waals surface area contributed by atoms with Crippen LogP contribution < -0.4 is 5.73 Å². The lowest BCUT2D eigenvalue weighted by molar-refractivity contribution is -0.131. The molecule has 10 heteroatoms. The maximum absolute atomic E-state index is 15.1. The Morgan fingerprint density at radius 3 is 2.83 bits per heavy atom. The molecule has 1 aliphatic carbocycles. The predicted molar refractivity (Wildman–Crippen MR) is 128 cm³/mol. The Morgan fingerprint density at radius 1 is 1.37 bits per heavy atom. The van der Waals surface area contributed by atoms with Gasteiger partial charge in [0, 0.05) is 24.2 Å². The monoisotopic (exact) mass is 497 g/mol. The maximum Gasteiger partial charge on any atom is 0.239 e. The third-order valence-electron chi connectivity index (χ3n) is 6.96. The summed E-state index contributed by atoms with van der Waals surface area (Å²) in [6.45, 7) is 2.13. The highest BCUT2D eigenvalue weighted by molar-refractivity contribution is 8.15. The van der Waals surface area contributed by atoms with Crippen molar-refractivity contribution >= 4 is 34.7 Å². The summed E-state index contributed by atoms with van der Waals surface area (Å²) in [5.41, 5.74) is 5.93. The Balaban J connectivity index is 1.47. The number of amidine groups is 1. The van der Waals surface area contributed by atoms with Crippen LogP contribution in [0.5, 0.6) is 0 Å². The number of nitrogens with two attached hydrogens (primary N) is 1. The van der Waals surface area contributed by atoms with Crippen LogP contribution in [0.1, 0.15) is 42.1 Å². The number of hydrogen-bond donors (Lipinski definition) is 1. The molecule has 5 rings (SSSR count). The largest absolute Gasteiger partial charge is 0.378 e. The van der Waals surface area contributed by atoms with E-state index in [0.29, 0.717) is 30.5 Å². The van der Waals surface area contributed by atoms with Gasteiger partial charge in [0.15, 0.2) is 5.17 Å². The molecular weight excluding hydrogens is 475 g/mol. The number of carbonyl (C=O) groups is 1. The van der Waals surface area contributed by atoms with E-state index in [0.717, 1.165) is 0 Å². The first-order chi connectivity index (χ1) is 16.7. The number of likely N-dealkylation sites (tertiary alicyclic amines) is 1. The lowest BCUT2D eigenvalue weighted by Crippen LogP contribution is -2.45. The van der Waals surface area contributed by atoms with Crippen LogP contribution in [0.4, 0.5) is 13.2 Å². The van der Waals surface area contributed by atoms with Crippen molar-refractivity contribution in [3.8, 4) is 6.07 Å². The van der Waals surface area contributed by atoms with Gasteiger partial charge in [0.2, 0.25) is 5.91 Å². The van der Waals surface area contributed by atoms with Crippen LogP contribution in [0, 0.1) is 23.1 Å². The number of nitrogens with zero attached hydrogens (tertiary/aromatic N) is 4. The molecule has 3 heterocycles. The molecule has 1 saturated carbocycles. The number of thioether (sulfide) groups is 1. The number of amides is 1. The van der Waals surface area contributed by atoms with E-state index in [2.05, 4.69) is 9.98 Å². The normalized spacial score (nSPS) is 29.9. The molecule has 0 radical (unpaired) electrons. The zero-order valence-corrected chi connectivity index (χ0v) is 19.7. The fraction of sp³-hybridized carbons (Fsp3) is 0.360. The molecule has 0 bridgehead atoms. The van der Waals surface area contributed by atoms with Crippen LogP contribution in [-0.4, -0.2) is 45.0 Å². The van der Waals surface area contributed by atoms with Crippen molar-refractivity contribution in [2.75, 3.05) is 13.1 Å². The second-order valence-corrected chi connectivity index (χ2v) is 10.6. The fourth-order valence-electron chi connectivity index (χ4n) is 5.07. The van der Waals surface area contributed by atoms with Crippen LogP contribution >= 0.6 is 11.8 Å². The molecule has 0 unspecified atom stereocenters. The SMILES string of the molecule is C[C@]1(c2cc(C=C(F)c3ccc(C#N)cn3)ccc2F)N=C(N)S[C@@]2(C(=O)N3CC[C@H](F)C3)C[C@H]21. The quantitative estimate of drug-likeness (QED) is 0.684. The average Bonchev–Trinajstić information content (AvgIpc) is 3.44. The van der Waals surface area contributed by atoms with Crippen LogP contribution in [-0.2, 0) is 10.3 Å². The summed E-state index contributed by atoms with van der Waals surface area (Å²) in [6.07, 6.45) is 2.20. The first-order valence-electron chi connectivity index (χ1n) is 11.2. The minimum absolute atomic E-state index is 0.0426. The lowest BCUT2D eigenvalue weighted by atomic mass is 9.84. The van der Waals surface area contributed by atoms with Crippen molar-refractivity contribution in [2.24, 2.45) is 16.6 Å². The summed E-state index contributed by atoms with van der Waals surface area (Å²) in [7, 11) is 0. The number of alkyl halides is 1. The van der Waals surface area contributed by atoms with Gasteiger partial charge in [-0.3, -0.25) is 14.8 Å².